The Balaban J connectivity index is 1.98. The van der Waals surface area contributed by atoms with E-state index in [1.165, 1.54) is 5.56 Å². The molecule has 1 saturated heterocycles. The molecule has 1 aliphatic rings. The average Bonchev–Trinajstić information content (AvgIpc) is 2.78. The highest BCUT2D eigenvalue weighted by molar-refractivity contribution is 7.91. The van der Waals surface area contributed by atoms with Gasteiger partial charge in [0, 0.05) is 13.1 Å². The Morgan fingerprint density at radius 2 is 1.90 bits per heavy atom. The van der Waals surface area contributed by atoms with E-state index in [4.69, 9.17) is 0 Å². The van der Waals surface area contributed by atoms with Crippen LogP contribution in [0.2, 0.25) is 0 Å². The van der Waals surface area contributed by atoms with Gasteiger partial charge in [0.05, 0.1) is 17.9 Å². The maximum atomic E-state index is 12.3. The van der Waals surface area contributed by atoms with Crippen LogP contribution in [0, 0.1) is 0 Å². The molecule has 0 N–H and O–H groups in total. The molecule has 0 bridgehead atoms. The van der Waals surface area contributed by atoms with Gasteiger partial charge in [-0.05, 0) is 23.5 Å². The summed E-state index contributed by atoms with van der Waals surface area (Å²) in [6.45, 7) is 4.27. The van der Waals surface area contributed by atoms with Crippen molar-refractivity contribution in [2.45, 2.75) is 38.6 Å². The number of hydrogen-bond acceptors (Lipinski definition) is 3. The van der Waals surface area contributed by atoms with E-state index in [0.717, 1.165) is 5.56 Å². The van der Waals surface area contributed by atoms with Gasteiger partial charge in [-0.2, -0.15) is 0 Å². The van der Waals surface area contributed by atoms with Crippen molar-refractivity contribution in [1.29, 1.82) is 0 Å². The van der Waals surface area contributed by atoms with Gasteiger partial charge in [-0.3, -0.25) is 4.79 Å². The first-order valence-corrected chi connectivity index (χ1v) is 9.15. The van der Waals surface area contributed by atoms with Crippen molar-refractivity contribution in [3.05, 3.63) is 35.4 Å². The maximum absolute atomic E-state index is 12.3. The van der Waals surface area contributed by atoms with Crippen LogP contribution in [-0.4, -0.2) is 43.8 Å². The van der Waals surface area contributed by atoms with Crippen LogP contribution in [0.5, 0.6) is 0 Å². The lowest BCUT2D eigenvalue weighted by Gasteiger charge is -2.23. The number of sulfone groups is 1. The van der Waals surface area contributed by atoms with Gasteiger partial charge in [0.15, 0.2) is 9.84 Å². The molecule has 1 aromatic carbocycles. The molecule has 21 heavy (non-hydrogen) atoms. The van der Waals surface area contributed by atoms with E-state index in [0.29, 0.717) is 18.8 Å². The van der Waals surface area contributed by atoms with Gasteiger partial charge in [-0.15, -0.1) is 0 Å². The van der Waals surface area contributed by atoms with Gasteiger partial charge in [-0.25, -0.2) is 8.42 Å². The summed E-state index contributed by atoms with van der Waals surface area (Å²) in [5, 5.41) is 0. The zero-order valence-corrected chi connectivity index (χ0v) is 13.7. The molecule has 0 saturated carbocycles. The van der Waals surface area contributed by atoms with Crippen molar-refractivity contribution in [2.24, 2.45) is 0 Å². The Bertz CT molecular complexity index is 605. The van der Waals surface area contributed by atoms with Crippen LogP contribution in [0.3, 0.4) is 0 Å². The Kier molecular flexibility index (Phi) is 4.71. The summed E-state index contributed by atoms with van der Waals surface area (Å²) in [7, 11) is -1.25. The smallest absolute Gasteiger partial charge is 0.227 e. The number of benzene rings is 1. The molecule has 1 fully saturated rings. The second kappa shape index (κ2) is 6.18. The summed E-state index contributed by atoms with van der Waals surface area (Å²) < 4.78 is 23.0. The number of likely N-dealkylation sites (N-methyl/N-ethyl adjacent to an activating group) is 1. The largest absolute Gasteiger partial charge is 0.341 e. The zero-order valence-electron chi connectivity index (χ0n) is 12.9. The van der Waals surface area contributed by atoms with E-state index < -0.39 is 9.84 Å². The first-order chi connectivity index (χ1) is 9.78. The second-order valence-electron chi connectivity index (χ2n) is 6.13. The van der Waals surface area contributed by atoms with Crippen molar-refractivity contribution < 1.29 is 13.2 Å². The molecule has 1 atom stereocenters. The van der Waals surface area contributed by atoms with Crippen LogP contribution in [0.15, 0.2) is 24.3 Å². The van der Waals surface area contributed by atoms with Gasteiger partial charge in [0.1, 0.15) is 0 Å². The molecule has 1 unspecified atom stereocenters. The number of nitrogens with zero attached hydrogens (tertiary/aromatic N) is 1. The van der Waals surface area contributed by atoms with Crippen LogP contribution in [0.1, 0.15) is 37.3 Å². The van der Waals surface area contributed by atoms with Crippen LogP contribution in [-0.2, 0) is 21.1 Å². The Hall–Kier alpha value is -1.36. The highest BCUT2D eigenvalue weighted by Gasteiger charge is 2.32. The molecule has 0 aliphatic carbocycles. The molecular formula is C16H23NO3S. The van der Waals surface area contributed by atoms with Crippen molar-refractivity contribution in [1.82, 2.24) is 4.90 Å². The topological polar surface area (TPSA) is 54.5 Å². The van der Waals surface area contributed by atoms with Gasteiger partial charge >= 0.3 is 0 Å². The van der Waals surface area contributed by atoms with Gasteiger partial charge < -0.3 is 4.90 Å². The van der Waals surface area contributed by atoms with Gasteiger partial charge in [0.25, 0.3) is 0 Å². The standard InChI is InChI=1S/C16H23NO3S/c1-12(2)14-6-4-13(5-7-14)10-16(18)17(3)15-8-9-21(19,20)11-15/h4-7,12,15H,8-11H2,1-3H3. The molecule has 4 nitrogen and oxygen atoms in total. The molecule has 116 valence electrons. The third-order valence-electron chi connectivity index (χ3n) is 4.15. The van der Waals surface area contributed by atoms with E-state index in [-0.39, 0.29) is 23.5 Å². The molecule has 5 heteroatoms. The minimum atomic E-state index is -2.96. The van der Waals surface area contributed by atoms with E-state index in [1.807, 2.05) is 24.3 Å². The van der Waals surface area contributed by atoms with E-state index >= 15 is 0 Å². The highest BCUT2D eigenvalue weighted by Crippen LogP contribution is 2.18. The maximum Gasteiger partial charge on any atom is 0.227 e. The normalized spacial score (nSPS) is 20.7. The quantitative estimate of drug-likeness (QED) is 0.855. The predicted molar refractivity (Wildman–Crippen MR) is 84.1 cm³/mol. The molecule has 1 aliphatic heterocycles. The molecule has 2 rings (SSSR count). The summed E-state index contributed by atoms with van der Waals surface area (Å²) in [5.74, 6) is 0.746. The van der Waals surface area contributed by atoms with Crippen molar-refractivity contribution >= 4 is 15.7 Å². The van der Waals surface area contributed by atoms with Crippen molar-refractivity contribution in [2.75, 3.05) is 18.6 Å². The molecule has 1 heterocycles. The SMILES string of the molecule is CC(C)c1ccc(CC(=O)N(C)C2CCS(=O)(=O)C2)cc1. The molecule has 0 aromatic heterocycles. The summed E-state index contributed by atoms with van der Waals surface area (Å²) in [5.41, 5.74) is 2.22. The number of amides is 1. The fourth-order valence-corrected chi connectivity index (χ4v) is 4.38. The summed E-state index contributed by atoms with van der Waals surface area (Å²) in [4.78, 5) is 13.9. The highest BCUT2D eigenvalue weighted by atomic mass is 32.2. The van der Waals surface area contributed by atoms with Crippen molar-refractivity contribution in [3.8, 4) is 0 Å². The fourth-order valence-electron chi connectivity index (χ4n) is 2.60. The lowest BCUT2D eigenvalue weighted by molar-refractivity contribution is -0.130. The average molecular weight is 309 g/mol. The predicted octanol–water partition coefficient (Wildman–Crippen LogP) is 2.00. The fraction of sp³-hybridized carbons (Fsp3) is 0.562. The van der Waals surface area contributed by atoms with Gasteiger partial charge in [-0.1, -0.05) is 38.1 Å². The first-order valence-electron chi connectivity index (χ1n) is 7.33. The molecule has 1 amide bonds. The monoisotopic (exact) mass is 309 g/mol. The van der Waals surface area contributed by atoms with Crippen LogP contribution >= 0.6 is 0 Å². The number of rotatable bonds is 4. The van der Waals surface area contributed by atoms with E-state index in [1.54, 1.807) is 11.9 Å². The Morgan fingerprint density at radius 1 is 1.29 bits per heavy atom. The first kappa shape index (κ1) is 16.0. The van der Waals surface area contributed by atoms with E-state index in [2.05, 4.69) is 13.8 Å². The van der Waals surface area contributed by atoms with E-state index in [9.17, 15) is 13.2 Å². The van der Waals surface area contributed by atoms with Crippen LogP contribution in [0.25, 0.3) is 0 Å². The lowest BCUT2D eigenvalue weighted by Crippen LogP contribution is -2.38. The number of carbonyl (C=O) groups excluding carboxylic acids is 1. The van der Waals surface area contributed by atoms with Crippen molar-refractivity contribution in [3.63, 3.8) is 0 Å². The second-order valence-corrected chi connectivity index (χ2v) is 8.36. The summed E-state index contributed by atoms with van der Waals surface area (Å²) in [6, 6.07) is 7.89. The Labute approximate surface area is 127 Å². The number of hydrogen-bond donors (Lipinski definition) is 0. The van der Waals surface area contributed by atoms with Gasteiger partial charge in [0.2, 0.25) is 5.91 Å². The van der Waals surface area contributed by atoms with Crippen LogP contribution < -0.4 is 0 Å². The summed E-state index contributed by atoms with van der Waals surface area (Å²) >= 11 is 0. The molecule has 0 radical (unpaired) electrons. The Morgan fingerprint density at radius 3 is 2.38 bits per heavy atom. The molecular weight excluding hydrogens is 286 g/mol. The zero-order chi connectivity index (χ0) is 15.6. The van der Waals surface area contributed by atoms with Crippen LogP contribution in [0.4, 0.5) is 0 Å². The lowest BCUT2D eigenvalue weighted by atomic mass is 10.0. The number of carbonyl (C=O) groups is 1. The molecule has 0 spiro atoms. The summed E-state index contributed by atoms with van der Waals surface area (Å²) in [6.07, 6.45) is 0.877. The minimum absolute atomic E-state index is 0.0191. The minimum Gasteiger partial charge on any atom is -0.341 e. The molecule has 1 aromatic rings. The third-order valence-corrected chi connectivity index (χ3v) is 5.90. The third kappa shape index (κ3) is 4.06.